The molecule has 154 valence electrons. The second kappa shape index (κ2) is 10.0. The van der Waals surface area contributed by atoms with Crippen molar-refractivity contribution in [1.82, 2.24) is 9.97 Å². The smallest absolute Gasteiger partial charge is 0.255 e. The molecule has 6 heteroatoms. The number of anilines is 1. The Morgan fingerprint density at radius 3 is 2.42 bits per heavy atom. The van der Waals surface area contributed by atoms with E-state index in [2.05, 4.69) is 15.3 Å². The van der Waals surface area contributed by atoms with Crippen molar-refractivity contribution in [3.05, 3.63) is 114 Å². The number of carbonyl (C=O) groups excluding carboxylic acids is 1. The number of hydrogen-bond acceptors (Lipinski definition) is 5. The van der Waals surface area contributed by atoms with E-state index in [9.17, 15) is 4.79 Å². The van der Waals surface area contributed by atoms with Crippen LogP contribution in [0.4, 0.5) is 5.69 Å². The van der Waals surface area contributed by atoms with Crippen LogP contribution in [0.3, 0.4) is 0 Å². The molecule has 0 saturated carbocycles. The third-order valence-electron chi connectivity index (χ3n) is 4.45. The first-order chi connectivity index (χ1) is 15.3. The van der Waals surface area contributed by atoms with Gasteiger partial charge in [-0.2, -0.15) is 0 Å². The molecule has 0 fully saturated rings. The van der Waals surface area contributed by atoms with E-state index in [1.165, 1.54) is 0 Å². The van der Waals surface area contributed by atoms with Gasteiger partial charge in [-0.1, -0.05) is 42.5 Å². The lowest BCUT2D eigenvalue weighted by atomic mass is 10.2. The third kappa shape index (κ3) is 5.90. The number of nitrogens with zero attached hydrogens (tertiary/aromatic N) is 2. The van der Waals surface area contributed by atoms with E-state index >= 15 is 0 Å². The van der Waals surface area contributed by atoms with Crippen LogP contribution in [0, 0.1) is 0 Å². The molecule has 2 heterocycles. The monoisotopic (exact) mass is 411 g/mol. The number of amides is 1. The zero-order valence-electron chi connectivity index (χ0n) is 16.8. The Bertz CT molecular complexity index is 1120. The second-order valence-electron chi connectivity index (χ2n) is 6.79. The summed E-state index contributed by atoms with van der Waals surface area (Å²) >= 11 is 0. The minimum Gasteiger partial charge on any atom is -0.489 e. The van der Waals surface area contributed by atoms with Crippen molar-refractivity contribution in [3.63, 3.8) is 0 Å². The molecule has 0 aliphatic rings. The quantitative estimate of drug-likeness (QED) is 0.447. The Morgan fingerprint density at radius 2 is 1.65 bits per heavy atom. The summed E-state index contributed by atoms with van der Waals surface area (Å²) in [6, 6.07) is 24.2. The number of ether oxygens (including phenoxy) is 2. The van der Waals surface area contributed by atoms with Crippen molar-refractivity contribution in [2.45, 2.75) is 13.2 Å². The van der Waals surface area contributed by atoms with Gasteiger partial charge in [0.1, 0.15) is 19.0 Å². The van der Waals surface area contributed by atoms with Crippen molar-refractivity contribution in [2.24, 2.45) is 0 Å². The highest BCUT2D eigenvalue weighted by molar-refractivity contribution is 6.04. The molecule has 1 amide bonds. The predicted octanol–water partition coefficient (Wildman–Crippen LogP) is 4.89. The first-order valence-corrected chi connectivity index (χ1v) is 9.82. The molecule has 0 atom stereocenters. The van der Waals surface area contributed by atoms with Gasteiger partial charge < -0.3 is 14.8 Å². The fourth-order valence-corrected chi connectivity index (χ4v) is 2.85. The first kappa shape index (κ1) is 20.1. The van der Waals surface area contributed by atoms with Crippen LogP contribution < -0.4 is 14.8 Å². The molecular formula is C25H21N3O3. The number of pyridine rings is 2. The van der Waals surface area contributed by atoms with Crippen LogP contribution in [0.2, 0.25) is 0 Å². The maximum Gasteiger partial charge on any atom is 0.255 e. The van der Waals surface area contributed by atoms with E-state index in [1.54, 1.807) is 48.9 Å². The molecule has 0 spiro atoms. The minimum atomic E-state index is -0.244. The predicted molar refractivity (Wildman–Crippen MR) is 118 cm³/mol. The molecule has 0 aliphatic heterocycles. The van der Waals surface area contributed by atoms with Crippen molar-refractivity contribution < 1.29 is 14.3 Å². The van der Waals surface area contributed by atoms with Crippen LogP contribution in [0.15, 0.2) is 97.5 Å². The summed E-state index contributed by atoms with van der Waals surface area (Å²) in [5.41, 5.74) is 3.09. The van der Waals surface area contributed by atoms with Crippen molar-refractivity contribution >= 4 is 11.6 Å². The summed E-state index contributed by atoms with van der Waals surface area (Å²) in [7, 11) is 0. The third-order valence-corrected chi connectivity index (χ3v) is 4.45. The van der Waals surface area contributed by atoms with Crippen LogP contribution >= 0.6 is 0 Å². The van der Waals surface area contributed by atoms with Crippen LogP contribution in [-0.2, 0) is 13.2 Å². The maximum absolute atomic E-state index is 12.6. The number of hydrogen-bond donors (Lipinski definition) is 1. The Morgan fingerprint density at radius 1 is 0.806 bits per heavy atom. The molecule has 6 nitrogen and oxygen atoms in total. The molecule has 0 bridgehead atoms. The van der Waals surface area contributed by atoms with Crippen LogP contribution in [-0.4, -0.2) is 15.9 Å². The van der Waals surface area contributed by atoms with Crippen LogP contribution in [0.1, 0.15) is 21.5 Å². The lowest BCUT2D eigenvalue weighted by Gasteiger charge is -2.09. The summed E-state index contributed by atoms with van der Waals surface area (Å²) in [6.45, 7) is 0.818. The Labute approximate surface area is 180 Å². The molecule has 4 rings (SSSR count). The van der Waals surface area contributed by atoms with Gasteiger partial charge in [0, 0.05) is 29.6 Å². The molecule has 2 aromatic heterocycles. The Hall–Kier alpha value is -4.19. The topological polar surface area (TPSA) is 73.3 Å². The summed E-state index contributed by atoms with van der Waals surface area (Å²) in [4.78, 5) is 20.9. The number of nitrogens with one attached hydrogen (secondary N) is 1. The molecule has 1 N–H and O–H groups in total. The highest BCUT2D eigenvalue weighted by Crippen LogP contribution is 2.18. The Kier molecular flexibility index (Phi) is 6.50. The molecular weight excluding hydrogens is 390 g/mol. The van der Waals surface area contributed by atoms with Crippen molar-refractivity contribution in [3.8, 4) is 11.6 Å². The molecule has 4 aromatic rings. The number of rotatable bonds is 8. The summed E-state index contributed by atoms with van der Waals surface area (Å²) in [6.07, 6.45) is 5.03. The summed E-state index contributed by atoms with van der Waals surface area (Å²) in [5.74, 6) is 0.860. The lowest BCUT2D eigenvalue weighted by Crippen LogP contribution is -2.12. The number of benzene rings is 2. The molecule has 0 aliphatic carbocycles. The normalized spacial score (nSPS) is 10.3. The van der Waals surface area contributed by atoms with Gasteiger partial charge >= 0.3 is 0 Å². The maximum atomic E-state index is 12.6. The van der Waals surface area contributed by atoms with Gasteiger partial charge in [-0.15, -0.1) is 0 Å². The SMILES string of the molecule is O=C(Nc1ccc(OCc2ccccc2)nc1)c1cccc(OCc2cccnc2)c1. The first-order valence-electron chi connectivity index (χ1n) is 9.82. The zero-order valence-corrected chi connectivity index (χ0v) is 16.8. The van der Waals surface area contributed by atoms with Crippen molar-refractivity contribution in [2.75, 3.05) is 5.32 Å². The van der Waals surface area contributed by atoms with E-state index in [4.69, 9.17) is 9.47 Å². The van der Waals surface area contributed by atoms with Gasteiger partial charge in [-0.05, 0) is 35.9 Å². The largest absolute Gasteiger partial charge is 0.489 e. The van der Waals surface area contributed by atoms with E-state index < -0.39 is 0 Å². The van der Waals surface area contributed by atoms with Gasteiger partial charge in [-0.25, -0.2) is 4.98 Å². The highest BCUT2D eigenvalue weighted by Gasteiger charge is 2.08. The van der Waals surface area contributed by atoms with E-state index in [1.807, 2.05) is 48.5 Å². The van der Waals surface area contributed by atoms with Gasteiger partial charge in [0.2, 0.25) is 5.88 Å². The Balaban J connectivity index is 1.32. The lowest BCUT2D eigenvalue weighted by molar-refractivity contribution is 0.102. The second-order valence-corrected chi connectivity index (χ2v) is 6.79. The van der Waals surface area contributed by atoms with Gasteiger partial charge in [-0.3, -0.25) is 9.78 Å². The summed E-state index contributed by atoms with van der Waals surface area (Å²) < 4.78 is 11.4. The van der Waals surface area contributed by atoms with E-state index in [-0.39, 0.29) is 5.91 Å². The average Bonchev–Trinajstić information content (AvgIpc) is 2.84. The fraction of sp³-hybridized carbons (Fsp3) is 0.0800. The van der Waals surface area contributed by atoms with Crippen molar-refractivity contribution in [1.29, 1.82) is 0 Å². The minimum absolute atomic E-state index is 0.244. The molecule has 2 aromatic carbocycles. The van der Waals surface area contributed by atoms with Gasteiger partial charge in [0.15, 0.2) is 0 Å². The molecule has 31 heavy (non-hydrogen) atoms. The number of aromatic nitrogens is 2. The van der Waals surface area contributed by atoms with Crippen LogP contribution in [0.25, 0.3) is 0 Å². The standard InChI is InChI=1S/C25H21N3O3/c29-25(21-9-4-10-23(14-21)30-18-20-8-5-13-26-15-20)28-22-11-12-24(27-16-22)31-17-19-6-2-1-3-7-19/h1-16H,17-18H2,(H,28,29). The highest BCUT2D eigenvalue weighted by atomic mass is 16.5. The molecule has 0 unspecified atom stereocenters. The van der Waals surface area contributed by atoms with Gasteiger partial charge in [0.25, 0.3) is 5.91 Å². The van der Waals surface area contributed by atoms with E-state index in [0.717, 1.165) is 11.1 Å². The molecule has 0 radical (unpaired) electrons. The zero-order chi connectivity index (χ0) is 21.3. The van der Waals surface area contributed by atoms with E-state index in [0.29, 0.717) is 36.1 Å². The van der Waals surface area contributed by atoms with Gasteiger partial charge in [0.05, 0.1) is 11.9 Å². The number of carbonyl (C=O) groups is 1. The molecule has 0 saturated heterocycles. The van der Waals surface area contributed by atoms with Crippen LogP contribution in [0.5, 0.6) is 11.6 Å². The fourth-order valence-electron chi connectivity index (χ4n) is 2.85. The summed E-state index contributed by atoms with van der Waals surface area (Å²) in [5, 5.41) is 2.84. The average molecular weight is 411 g/mol.